The second-order valence-electron chi connectivity index (χ2n) is 4.52. The van der Waals surface area contributed by atoms with Crippen molar-refractivity contribution < 1.29 is 9.21 Å². The lowest BCUT2D eigenvalue weighted by Gasteiger charge is -1.99. The van der Waals surface area contributed by atoms with Gasteiger partial charge < -0.3 is 4.42 Å². The second kappa shape index (κ2) is 5.43. The van der Waals surface area contributed by atoms with Crippen LogP contribution in [0.15, 0.2) is 57.4 Å². The minimum atomic E-state index is -0.0459. The molecule has 20 heavy (non-hydrogen) atoms. The van der Waals surface area contributed by atoms with Gasteiger partial charge in [0.15, 0.2) is 5.76 Å². The third-order valence-electron chi connectivity index (χ3n) is 3.01. The summed E-state index contributed by atoms with van der Waals surface area (Å²) in [7, 11) is 0. The topological polar surface area (TPSA) is 30.2 Å². The molecule has 4 heteroatoms. The van der Waals surface area contributed by atoms with Crippen molar-refractivity contribution >= 4 is 44.3 Å². The first kappa shape index (κ1) is 13.4. The van der Waals surface area contributed by atoms with Gasteiger partial charge in [0.1, 0.15) is 5.58 Å². The molecule has 2 nitrogen and oxygen atoms in total. The zero-order valence-electron chi connectivity index (χ0n) is 10.4. The Hall–Kier alpha value is -1.58. The lowest BCUT2D eigenvalue weighted by atomic mass is 10.1. The zero-order chi connectivity index (χ0) is 14.1. The molecular weight excluding hydrogens is 340 g/mol. The number of ketones is 1. The van der Waals surface area contributed by atoms with Gasteiger partial charge in [-0.2, -0.15) is 0 Å². The number of hydrogen-bond acceptors (Lipinski definition) is 2. The Morgan fingerprint density at radius 3 is 2.80 bits per heavy atom. The molecule has 0 saturated carbocycles. The number of carbonyl (C=O) groups is 1. The Morgan fingerprint density at radius 2 is 2.00 bits per heavy atom. The van der Waals surface area contributed by atoms with Gasteiger partial charge in [-0.1, -0.05) is 39.7 Å². The molecule has 0 aliphatic carbocycles. The molecule has 0 atom stereocenters. The summed E-state index contributed by atoms with van der Waals surface area (Å²) >= 11 is 9.32. The molecule has 1 heterocycles. The van der Waals surface area contributed by atoms with Crippen molar-refractivity contribution in [1.82, 2.24) is 0 Å². The van der Waals surface area contributed by atoms with Gasteiger partial charge in [-0.25, -0.2) is 0 Å². The van der Waals surface area contributed by atoms with E-state index in [2.05, 4.69) is 15.9 Å². The van der Waals surface area contributed by atoms with Crippen LogP contribution < -0.4 is 0 Å². The van der Waals surface area contributed by atoms with Crippen LogP contribution in [0.25, 0.3) is 11.0 Å². The highest BCUT2D eigenvalue weighted by Gasteiger charge is 2.13. The molecule has 100 valence electrons. The van der Waals surface area contributed by atoms with E-state index in [0.29, 0.717) is 22.8 Å². The van der Waals surface area contributed by atoms with Crippen molar-refractivity contribution in [2.45, 2.75) is 6.42 Å². The van der Waals surface area contributed by atoms with E-state index in [1.165, 1.54) is 0 Å². The molecule has 0 bridgehead atoms. The first-order valence-corrected chi connectivity index (χ1v) is 7.26. The number of fused-ring (bicyclic) bond motifs is 1. The summed E-state index contributed by atoms with van der Waals surface area (Å²) in [5, 5.41) is 1.47. The highest BCUT2D eigenvalue weighted by molar-refractivity contribution is 9.10. The molecule has 0 aliphatic rings. The van der Waals surface area contributed by atoms with Crippen molar-refractivity contribution in [3.8, 4) is 0 Å². The number of hydrogen-bond donors (Lipinski definition) is 0. The van der Waals surface area contributed by atoms with Crippen LogP contribution in [0.4, 0.5) is 0 Å². The maximum atomic E-state index is 12.2. The number of Topliss-reactive ketones (excluding diaryl/α,β-unsaturated/α-hetero) is 1. The van der Waals surface area contributed by atoms with Gasteiger partial charge in [-0.3, -0.25) is 4.79 Å². The van der Waals surface area contributed by atoms with E-state index in [1.54, 1.807) is 24.3 Å². The minimum absolute atomic E-state index is 0.0459. The lowest BCUT2D eigenvalue weighted by molar-refractivity contribution is 0.0968. The number of carbonyl (C=O) groups excluding carboxylic acids is 1. The van der Waals surface area contributed by atoms with Crippen molar-refractivity contribution in [3.63, 3.8) is 0 Å². The molecule has 0 N–H and O–H groups in total. The van der Waals surface area contributed by atoms with Gasteiger partial charge in [0.25, 0.3) is 0 Å². The summed E-state index contributed by atoms with van der Waals surface area (Å²) in [6.07, 6.45) is 0.312. The van der Waals surface area contributed by atoms with Gasteiger partial charge >= 0.3 is 0 Å². The van der Waals surface area contributed by atoms with Crippen molar-refractivity contribution in [2.75, 3.05) is 0 Å². The number of benzene rings is 2. The fraction of sp³-hybridized carbons (Fsp3) is 0.0625. The third kappa shape index (κ3) is 2.79. The maximum Gasteiger partial charge on any atom is 0.202 e. The molecule has 1 aromatic heterocycles. The Labute approximate surface area is 129 Å². The summed E-state index contributed by atoms with van der Waals surface area (Å²) in [6.45, 7) is 0. The SMILES string of the molecule is O=C(Cc1cccc(Br)c1)c1cc2cc(Cl)ccc2o1. The van der Waals surface area contributed by atoms with Crippen molar-refractivity contribution in [1.29, 1.82) is 0 Å². The fourth-order valence-electron chi connectivity index (χ4n) is 2.07. The molecular formula is C16H10BrClO2. The van der Waals surface area contributed by atoms with Gasteiger partial charge in [-0.15, -0.1) is 0 Å². The smallest absolute Gasteiger partial charge is 0.202 e. The van der Waals surface area contributed by atoms with E-state index in [0.717, 1.165) is 15.4 Å². The maximum absolute atomic E-state index is 12.2. The van der Waals surface area contributed by atoms with Crippen LogP contribution in [0.2, 0.25) is 5.02 Å². The zero-order valence-corrected chi connectivity index (χ0v) is 12.7. The van der Waals surface area contributed by atoms with E-state index >= 15 is 0 Å². The van der Waals surface area contributed by atoms with E-state index in [4.69, 9.17) is 16.0 Å². The normalized spacial score (nSPS) is 10.9. The summed E-state index contributed by atoms with van der Waals surface area (Å²) in [4.78, 5) is 12.2. The monoisotopic (exact) mass is 348 g/mol. The largest absolute Gasteiger partial charge is 0.453 e. The minimum Gasteiger partial charge on any atom is -0.453 e. The molecule has 0 saturated heterocycles. The number of halogens is 2. The standard InChI is InChI=1S/C16H10BrClO2/c17-12-3-1-2-10(6-12)7-14(19)16-9-11-8-13(18)4-5-15(11)20-16/h1-6,8-9H,7H2. The number of furan rings is 1. The average Bonchev–Trinajstić information content (AvgIpc) is 2.81. The van der Waals surface area contributed by atoms with Crippen LogP contribution in [-0.2, 0) is 6.42 Å². The molecule has 0 radical (unpaired) electrons. The van der Waals surface area contributed by atoms with Crippen molar-refractivity contribution in [3.05, 3.63) is 69.3 Å². The summed E-state index contributed by atoms with van der Waals surface area (Å²) in [5.41, 5.74) is 1.62. The molecule has 2 aromatic carbocycles. The number of rotatable bonds is 3. The van der Waals surface area contributed by atoms with Crippen LogP contribution in [0.3, 0.4) is 0 Å². The molecule has 0 unspecified atom stereocenters. The third-order valence-corrected chi connectivity index (χ3v) is 3.74. The molecule has 3 aromatic rings. The van der Waals surface area contributed by atoms with Crippen LogP contribution >= 0.6 is 27.5 Å². The Balaban J connectivity index is 1.88. The van der Waals surface area contributed by atoms with Gasteiger partial charge in [0, 0.05) is 21.3 Å². The van der Waals surface area contributed by atoms with Gasteiger partial charge in [0.2, 0.25) is 5.78 Å². The summed E-state index contributed by atoms with van der Waals surface area (Å²) < 4.78 is 6.52. The Bertz CT molecular complexity index is 792. The predicted molar refractivity (Wildman–Crippen MR) is 83.4 cm³/mol. The van der Waals surface area contributed by atoms with E-state index in [-0.39, 0.29) is 5.78 Å². The molecule has 3 rings (SSSR count). The molecule has 0 spiro atoms. The van der Waals surface area contributed by atoms with Gasteiger partial charge in [-0.05, 0) is 42.0 Å². The Kier molecular flexibility index (Phi) is 3.64. The first-order valence-electron chi connectivity index (χ1n) is 6.08. The average molecular weight is 350 g/mol. The van der Waals surface area contributed by atoms with E-state index < -0.39 is 0 Å². The molecule has 0 aliphatic heterocycles. The highest BCUT2D eigenvalue weighted by Crippen LogP contribution is 2.24. The first-order chi connectivity index (χ1) is 9.61. The summed E-state index contributed by atoms with van der Waals surface area (Å²) in [5.74, 6) is 0.317. The van der Waals surface area contributed by atoms with Crippen molar-refractivity contribution in [2.24, 2.45) is 0 Å². The molecule has 0 fully saturated rings. The molecule has 0 amide bonds. The Morgan fingerprint density at radius 1 is 1.15 bits per heavy atom. The van der Waals surface area contributed by atoms with Crippen LogP contribution in [0.5, 0.6) is 0 Å². The highest BCUT2D eigenvalue weighted by atomic mass is 79.9. The van der Waals surface area contributed by atoms with Crippen LogP contribution in [0, 0.1) is 0 Å². The van der Waals surface area contributed by atoms with E-state index in [9.17, 15) is 4.79 Å². The van der Waals surface area contributed by atoms with Crippen LogP contribution in [-0.4, -0.2) is 5.78 Å². The quantitative estimate of drug-likeness (QED) is 0.603. The second-order valence-corrected chi connectivity index (χ2v) is 5.87. The summed E-state index contributed by atoms with van der Waals surface area (Å²) in [6, 6.07) is 14.7. The van der Waals surface area contributed by atoms with E-state index in [1.807, 2.05) is 24.3 Å². The van der Waals surface area contributed by atoms with Crippen LogP contribution in [0.1, 0.15) is 16.1 Å². The lowest BCUT2D eigenvalue weighted by Crippen LogP contribution is -2.01. The van der Waals surface area contributed by atoms with Gasteiger partial charge in [0.05, 0.1) is 0 Å². The predicted octanol–water partition coefficient (Wildman–Crippen LogP) is 5.27. The fourth-order valence-corrected chi connectivity index (χ4v) is 2.70.